The Morgan fingerprint density at radius 1 is 1.50 bits per heavy atom. The molecule has 0 amide bonds. The number of aromatic nitrogens is 2. The van der Waals surface area contributed by atoms with Gasteiger partial charge in [0.25, 0.3) is 5.56 Å². The first kappa shape index (κ1) is 13.6. The van der Waals surface area contributed by atoms with Crippen LogP contribution in [-0.4, -0.2) is 49.2 Å². The summed E-state index contributed by atoms with van der Waals surface area (Å²) in [5.41, 5.74) is 0.908. The van der Waals surface area contributed by atoms with Gasteiger partial charge in [-0.1, -0.05) is 0 Å². The number of rotatable bonds is 4. The van der Waals surface area contributed by atoms with Crippen molar-refractivity contribution in [1.82, 2.24) is 15.1 Å². The normalized spacial score (nSPS) is 26.4. The summed E-state index contributed by atoms with van der Waals surface area (Å²) in [7, 11) is 1.74. The largest absolute Gasteiger partial charge is 0.380 e. The molecule has 0 aliphatic carbocycles. The van der Waals surface area contributed by atoms with Crippen LogP contribution in [0, 0.1) is 5.92 Å². The number of ether oxygens (including phenoxy) is 1. The van der Waals surface area contributed by atoms with Gasteiger partial charge in [0.05, 0.1) is 18.0 Å². The van der Waals surface area contributed by atoms with Crippen LogP contribution in [0.4, 0.5) is 5.69 Å². The average Bonchev–Trinajstić information content (AvgIpc) is 3.12. The van der Waals surface area contributed by atoms with Crippen molar-refractivity contribution in [1.29, 1.82) is 0 Å². The number of hydrogen-bond acceptors (Lipinski definition) is 5. The Hall–Kier alpha value is -1.40. The van der Waals surface area contributed by atoms with Crippen LogP contribution in [0.3, 0.4) is 0 Å². The Balaban J connectivity index is 1.69. The van der Waals surface area contributed by atoms with Gasteiger partial charge < -0.3 is 15.0 Å². The van der Waals surface area contributed by atoms with Gasteiger partial charge in [-0.05, 0) is 31.8 Å². The van der Waals surface area contributed by atoms with Crippen molar-refractivity contribution < 1.29 is 4.74 Å². The van der Waals surface area contributed by atoms with Crippen molar-refractivity contribution in [2.75, 3.05) is 38.2 Å². The van der Waals surface area contributed by atoms with Gasteiger partial charge in [-0.25, -0.2) is 4.68 Å². The second-order valence-corrected chi connectivity index (χ2v) is 5.69. The lowest BCUT2D eigenvalue weighted by Crippen LogP contribution is -2.29. The molecule has 2 aliphatic heterocycles. The number of nitrogens with one attached hydrogen (secondary N) is 1. The first-order chi connectivity index (χ1) is 9.76. The summed E-state index contributed by atoms with van der Waals surface area (Å²) in [4.78, 5) is 14.3. The molecule has 2 aliphatic rings. The molecule has 110 valence electrons. The quantitative estimate of drug-likeness (QED) is 0.845. The van der Waals surface area contributed by atoms with E-state index in [1.54, 1.807) is 17.9 Å². The molecular weight excluding hydrogens is 256 g/mol. The van der Waals surface area contributed by atoms with Crippen LogP contribution in [-0.2, 0) is 11.3 Å². The maximum absolute atomic E-state index is 12.2. The highest BCUT2D eigenvalue weighted by Crippen LogP contribution is 2.19. The van der Waals surface area contributed by atoms with Gasteiger partial charge in [0.2, 0.25) is 0 Å². The van der Waals surface area contributed by atoms with Crippen LogP contribution >= 0.6 is 0 Å². The van der Waals surface area contributed by atoms with E-state index in [4.69, 9.17) is 4.74 Å². The van der Waals surface area contributed by atoms with Gasteiger partial charge in [-0.15, -0.1) is 0 Å². The first-order valence-corrected chi connectivity index (χ1v) is 7.32. The van der Waals surface area contributed by atoms with Crippen LogP contribution in [0.5, 0.6) is 0 Å². The Kier molecular flexibility index (Phi) is 4.03. The molecule has 1 aromatic rings. The van der Waals surface area contributed by atoms with Gasteiger partial charge in [0, 0.05) is 32.8 Å². The monoisotopic (exact) mass is 278 g/mol. The molecule has 2 fully saturated rings. The Bertz CT molecular complexity index is 510. The third kappa shape index (κ3) is 2.86. The molecule has 6 nitrogen and oxygen atoms in total. The number of hydrogen-bond donors (Lipinski definition) is 1. The van der Waals surface area contributed by atoms with E-state index in [1.165, 1.54) is 0 Å². The fourth-order valence-corrected chi connectivity index (χ4v) is 3.00. The summed E-state index contributed by atoms with van der Waals surface area (Å²) in [5, 5.41) is 7.65. The van der Waals surface area contributed by atoms with Crippen LogP contribution < -0.4 is 15.8 Å². The second-order valence-electron chi connectivity index (χ2n) is 5.69. The molecular formula is C14H22N4O2. The summed E-state index contributed by atoms with van der Waals surface area (Å²) in [6.45, 7) is 4.51. The molecule has 3 heterocycles. The molecule has 2 unspecified atom stereocenters. The van der Waals surface area contributed by atoms with Crippen molar-refractivity contribution in [3.63, 3.8) is 0 Å². The third-order valence-corrected chi connectivity index (χ3v) is 4.29. The van der Waals surface area contributed by atoms with Gasteiger partial charge in [0.15, 0.2) is 0 Å². The first-order valence-electron chi connectivity index (χ1n) is 7.32. The summed E-state index contributed by atoms with van der Waals surface area (Å²) in [6.07, 6.45) is 4.20. The van der Waals surface area contributed by atoms with Gasteiger partial charge in [0.1, 0.15) is 0 Å². The van der Waals surface area contributed by atoms with Crippen LogP contribution in [0.1, 0.15) is 12.8 Å². The van der Waals surface area contributed by atoms with Crippen LogP contribution in [0.15, 0.2) is 17.1 Å². The summed E-state index contributed by atoms with van der Waals surface area (Å²) in [6, 6.07) is 1.70. The van der Waals surface area contributed by atoms with E-state index in [9.17, 15) is 4.79 Å². The van der Waals surface area contributed by atoms with E-state index in [-0.39, 0.29) is 11.7 Å². The zero-order chi connectivity index (χ0) is 13.9. The minimum Gasteiger partial charge on any atom is -0.380 e. The predicted octanol–water partition coefficient (Wildman–Crippen LogP) is 0.0779. The summed E-state index contributed by atoms with van der Waals surface area (Å²) >= 11 is 0. The standard InChI is InChI=1S/C14H22N4O2/c1-20-13-3-5-17(10-13)12-6-14(19)18(16-8-12)9-11-2-4-15-7-11/h6,8,11,13,15H,2-5,7,9-10H2,1H3. The van der Waals surface area contributed by atoms with E-state index in [0.29, 0.717) is 12.5 Å². The molecule has 0 spiro atoms. The predicted molar refractivity (Wildman–Crippen MR) is 77.1 cm³/mol. The van der Waals surface area contributed by atoms with Gasteiger partial charge in [-0.2, -0.15) is 5.10 Å². The SMILES string of the molecule is COC1CCN(c2cnn(CC3CCNC3)c(=O)c2)C1. The molecule has 2 saturated heterocycles. The fourth-order valence-electron chi connectivity index (χ4n) is 3.00. The van der Waals surface area contributed by atoms with E-state index >= 15 is 0 Å². The Labute approximate surface area is 118 Å². The van der Waals surface area contributed by atoms with Crippen molar-refractivity contribution in [2.24, 2.45) is 5.92 Å². The summed E-state index contributed by atoms with van der Waals surface area (Å²) < 4.78 is 6.94. The zero-order valence-electron chi connectivity index (χ0n) is 11.9. The highest BCUT2D eigenvalue weighted by molar-refractivity contribution is 5.44. The van der Waals surface area contributed by atoms with Gasteiger partial charge in [-0.3, -0.25) is 4.79 Å². The molecule has 1 N–H and O–H groups in total. The molecule has 0 radical (unpaired) electrons. The Morgan fingerprint density at radius 3 is 3.05 bits per heavy atom. The minimum absolute atomic E-state index is 0.00438. The second kappa shape index (κ2) is 5.93. The molecule has 1 aromatic heterocycles. The average molecular weight is 278 g/mol. The lowest BCUT2D eigenvalue weighted by molar-refractivity contribution is 0.121. The highest BCUT2D eigenvalue weighted by atomic mass is 16.5. The van der Waals surface area contributed by atoms with Gasteiger partial charge >= 0.3 is 0 Å². The van der Waals surface area contributed by atoms with Crippen LogP contribution in [0.2, 0.25) is 0 Å². The molecule has 6 heteroatoms. The number of methoxy groups -OCH3 is 1. The minimum atomic E-state index is -0.00438. The smallest absolute Gasteiger partial charge is 0.268 e. The van der Waals surface area contributed by atoms with E-state index in [0.717, 1.165) is 44.7 Å². The van der Waals surface area contributed by atoms with Crippen molar-refractivity contribution >= 4 is 5.69 Å². The lowest BCUT2D eigenvalue weighted by Gasteiger charge is -2.18. The third-order valence-electron chi connectivity index (χ3n) is 4.29. The lowest BCUT2D eigenvalue weighted by atomic mass is 10.1. The zero-order valence-corrected chi connectivity index (χ0v) is 11.9. The molecule has 2 atom stereocenters. The number of anilines is 1. The van der Waals surface area contributed by atoms with E-state index < -0.39 is 0 Å². The summed E-state index contributed by atoms with van der Waals surface area (Å²) in [5.74, 6) is 0.524. The molecule has 20 heavy (non-hydrogen) atoms. The molecule has 0 saturated carbocycles. The molecule has 0 bridgehead atoms. The topological polar surface area (TPSA) is 59.4 Å². The van der Waals surface area contributed by atoms with Crippen LogP contribution in [0.25, 0.3) is 0 Å². The van der Waals surface area contributed by atoms with E-state index in [2.05, 4.69) is 15.3 Å². The molecule has 3 rings (SSSR count). The maximum Gasteiger partial charge on any atom is 0.268 e. The Morgan fingerprint density at radius 2 is 2.40 bits per heavy atom. The van der Waals surface area contributed by atoms with Crippen molar-refractivity contribution in [3.05, 3.63) is 22.6 Å². The molecule has 0 aromatic carbocycles. The van der Waals surface area contributed by atoms with Crippen molar-refractivity contribution in [2.45, 2.75) is 25.5 Å². The van der Waals surface area contributed by atoms with E-state index in [1.807, 2.05) is 6.20 Å². The highest BCUT2D eigenvalue weighted by Gasteiger charge is 2.23. The maximum atomic E-state index is 12.2. The van der Waals surface area contributed by atoms with Crippen molar-refractivity contribution in [3.8, 4) is 0 Å². The number of nitrogens with zero attached hydrogens (tertiary/aromatic N) is 3. The fraction of sp³-hybridized carbons (Fsp3) is 0.714.